The first-order valence-corrected chi connectivity index (χ1v) is 16.3. The van der Waals surface area contributed by atoms with E-state index >= 15 is 0 Å². The highest BCUT2D eigenvalue weighted by atomic mass is 16.6. The monoisotopic (exact) mass is 617 g/mol. The van der Waals surface area contributed by atoms with E-state index in [1.807, 2.05) is 65.8 Å². The van der Waals surface area contributed by atoms with Gasteiger partial charge in [-0.3, -0.25) is 9.78 Å². The Morgan fingerprint density at radius 3 is 2.22 bits per heavy atom. The maximum Gasteiger partial charge on any atom is 0.435 e. The fraction of sp³-hybridized carbons (Fsp3) is 0.556. The van der Waals surface area contributed by atoms with Crippen LogP contribution in [-0.2, 0) is 22.4 Å². The maximum atomic E-state index is 13.6. The summed E-state index contributed by atoms with van der Waals surface area (Å²) in [4.78, 5) is 32.9. The minimum Gasteiger partial charge on any atom is -0.475 e. The smallest absolute Gasteiger partial charge is 0.435 e. The van der Waals surface area contributed by atoms with Gasteiger partial charge in [0.05, 0.1) is 11.1 Å². The number of rotatable bonds is 13. The number of aryl methyl sites for hydroxylation is 3. The number of hydrogen-bond acceptors (Lipinski definition) is 7. The van der Waals surface area contributed by atoms with E-state index in [9.17, 15) is 9.59 Å². The van der Waals surface area contributed by atoms with Crippen molar-refractivity contribution in [3.63, 3.8) is 0 Å². The molecule has 0 radical (unpaired) electrons. The Balaban J connectivity index is 1.58. The molecule has 1 aliphatic rings. The first kappa shape index (κ1) is 34.2. The van der Waals surface area contributed by atoms with Crippen molar-refractivity contribution in [2.75, 3.05) is 32.8 Å². The van der Waals surface area contributed by atoms with Crippen LogP contribution in [0, 0.1) is 19.3 Å². The SMILES string of the molecule is Cc1cc(C)cc(-c2c(CCNCCCCc3ccncc3)c(OCC(C)(C)C(=O)N3CCCC3)nn2C(=O)OC(C)(C)C)c1. The summed E-state index contributed by atoms with van der Waals surface area (Å²) in [5, 5.41) is 8.29. The number of hydrogen-bond donors (Lipinski definition) is 1. The molecule has 1 fully saturated rings. The normalized spacial score (nSPS) is 13.7. The van der Waals surface area contributed by atoms with Crippen LogP contribution in [-0.4, -0.2) is 70.1 Å². The van der Waals surface area contributed by atoms with Crippen molar-refractivity contribution in [3.8, 4) is 17.1 Å². The van der Waals surface area contributed by atoms with E-state index in [4.69, 9.17) is 14.6 Å². The zero-order valence-electron chi connectivity index (χ0n) is 28.2. The van der Waals surface area contributed by atoms with E-state index in [1.54, 1.807) is 0 Å². The first-order chi connectivity index (χ1) is 21.3. The molecule has 0 atom stereocenters. The van der Waals surface area contributed by atoms with Gasteiger partial charge in [0.1, 0.15) is 12.2 Å². The number of carbonyl (C=O) groups excluding carboxylic acids is 2. The summed E-state index contributed by atoms with van der Waals surface area (Å²) in [5.74, 6) is 0.438. The second-order valence-electron chi connectivity index (χ2n) is 13.9. The highest BCUT2D eigenvalue weighted by Gasteiger charge is 2.35. The van der Waals surface area contributed by atoms with E-state index in [-0.39, 0.29) is 12.5 Å². The molecule has 1 N–H and O–H groups in total. The third kappa shape index (κ3) is 9.63. The molecule has 1 saturated heterocycles. The molecule has 0 aliphatic carbocycles. The molecule has 4 rings (SSSR count). The lowest BCUT2D eigenvalue weighted by Gasteiger charge is -2.28. The molecule has 1 amide bonds. The van der Waals surface area contributed by atoms with Crippen LogP contribution in [0.4, 0.5) is 4.79 Å². The van der Waals surface area contributed by atoms with Gasteiger partial charge in [-0.15, -0.1) is 5.10 Å². The predicted molar refractivity (Wildman–Crippen MR) is 178 cm³/mol. The number of benzene rings is 1. The summed E-state index contributed by atoms with van der Waals surface area (Å²) in [6.07, 6.45) is 8.90. The van der Waals surface area contributed by atoms with Crippen LogP contribution in [0.15, 0.2) is 42.7 Å². The Bertz CT molecular complexity index is 1420. The molecule has 3 aromatic rings. The van der Waals surface area contributed by atoms with Crippen LogP contribution in [0.25, 0.3) is 11.3 Å². The van der Waals surface area contributed by atoms with Crippen LogP contribution >= 0.6 is 0 Å². The van der Waals surface area contributed by atoms with Crippen molar-refractivity contribution in [1.29, 1.82) is 0 Å². The zero-order valence-corrected chi connectivity index (χ0v) is 28.2. The van der Waals surface area contributed by atoms with E-state index in [0.717, 1.165) is 74.0 Å². The van der Waals surface area contributed by atoms with Crippen molar-refractivity contribution < 1.29 is 19.1 Å². The third-order valence-corrected chi connectivity index (χ3v) is 7.92. The highest BCUT2D eigenvalue weighted by Crippen LogP contribution is 2.34. The molecule has 1 aliphatic heterocycles. The van der Waals surface area contributed by atoms with Crippen LogP contribution in [0.1, 0.15) is 82.6 Å². The van der Waals surface area contributed by atoms with E-state index in [0.29, 0.717) is 24.5 Å². The molecule has 0 bridgehead atoms. The number of nitrogens with one attached hydrogen (secondary N) is 1. The number of aromatic nitrogens is 3. The molecule has 3 heterocycles. The number of nitrogens with zero attached hydrogens (tertiary/aromatic N) is 4. The predicted octanol–water partition coefficient (Wildman–Crippen LogP) is 6.53. The molecule has 45 heavy (non-hydrogen) atoms. The summed E-state index contributed by atoms with van der Waals surface area (Å²) in [5.41, 5.74) is 4.37. The van der Waals surface area contributed by atoms with Crippen molar-refractivity contribution in [2.45, 2.75) is 92.6 Å². The fourth-order valence-corrected chi connectivity index (χ4v) is 5.74. The zero-order chi connectivity index (χ0) is 32.6. The average Bonchev–Trinajstić information content (AvgIpc) is 3.63. The van der Waals surface area contributed by atoms with Gasteiger partial charge >= 0.3 is 6.09 Å². The standard InChI is InChI=1S/C36H51N5O4/c1-26-22-27(2)24-29(23-26)31-30(15-19-37-16-9-8-12-28-13-17-38-18-14-28)32(39-41(31)34(43)45-35(3,4)5)44-25-36(6,7)33(42)40-20-10-11-21-40/h13-14,17-18,22-24,37H,8-12,15-16,19-21,25H2,1-7H3. The molecule has 0 saturated carbocycles. The minimum atomic E-state index is -0.746. The topological polar surface area (TPSA) is 98.6 Å². The third-order valence-electron chi connectivity index (χ3n) is 7.92. The molecule has 0 unspecified atom stereocenters. The summed E-state index contributed by atoms with van der Waals surface area (Å²) in [6, 6.07) is 10.4. The Morgan fingerprint density at radius 1 is 0.911 bits per heavy atom. The van der Waals surface area contributed by atoms with Crippen molar-refractivity contribution in [3.05, 3.63) is 65.0 Å². The van der Waals surface area contributed by atoms with E-state index in [1.165, 1.54) is 10.2 Å². The van der Waals surface area contributed by atoms with Crippen LogP contribution in [0.5, 0.6) is 5.88 Å². The Kier molecular flexibility index (Phi) is 11.4. The summed E-state index contributed by atoms with van der Waals surface area (Å²) < 4.78 is 13.5. The fourth-order valence-electron chi connectivity index (χ4n) is 5.74. The molecule has 2 aromatic heterocycles. The molecule has 9 heteroatoms. The van der Waals surface area contributed by atoms with Gasteiger partial charge in [-0.2, -0.15) is 4.68 Å². The van der Waals surface area contributed by atoms with Crippen molar-refractivity contribution in [1.82, 2.24) is 25.0 Å². The average molecular weight is 618 g/mol. The van der Waals surface area contributed by atoms with Gasteiger partial charge in [0.25, 0.3) is 0 Å². The van der Waals surface area contributed by atoms with Crippen LogP contribution in [0.3, 0.4) is 0 Å². The number of pyridine rings is 1. The van der Waals surface area contributed by atoms with Gasteiger partial charge in [-0.25, -0.2) is 4.79 Å². The molecular weight excluding hydrogens is 566 g/mol. The van der Waals surface area contributed by atoms with Crippen LogP contribution in [0.2, 0.25) is 0 Å². The van der Waals surface area contributed by atoms with Gasteiger partial charge in [0, 0.05) is 36.6 Å². The first-order valence-electron chi connectivity index (χ1n) is 16.3. The second-order valence-corrected chi connectivity index (χ2v) is 13.9. The summed E-state index contributed by atoms with van der Waals surface area (Å²) in [6.45, 7) is 16.7. The maximum absolute atomic E-state index is 13.6. The van der Waals surface area contributed by atoms with Gasteiger partial charge in [0.15, 0.2) is 0 Å². The number of likely N-dealkylation sites (tertiary alicyclic amines) is 1. The minimum absolute atomic E-state index is 0.0797. The molecule has 1 aromatic carbocycles. The summed E-state index contributed by atoms with van der Waals surface area (Å²) >= 11 is 0. The quantitative estimate of drug-likeness (QED) is 0.218. The molecule has 244 valence electrons. The Morgan fingerprint density at radius 2 is 1.58 bits per heavy atom. The second kappa shape index (κ2) is 15.0. The lowest BCUT2D eigenvalue weighted by atomic mass is 9.93. The lowest BCUT2D eigenvalue weighted by Crippen LogP contribution is -2.42. The molecule has 0 spiro atoms. The van der Waals surface area contributed by atoms with Gasteiger partial charge in [0.2, 0.25) is 11.8 Å². The van der Waals surface area contributed by atoms with Crippen molar-refractivity contribution >= 4 is 12.0 Å². The van der Waals surface area contributed by atoms with Gasteiger partial charge in [-0.1, -0.05) is 17.2 Å². The Hall–Kier alpha value is -3.72. The van der Waals surface area contributed by atoms with Gasteiger partial charge in [-0.05, 0) is 130 Å². The number of carbonyl (C=O) groups is 2. The van der Waals surface area contributed by atoms with Gasteiger partial charge < -0.3 is 19.7 Å². The Labute approximate surface area is 268 Å². The highest BCUT2D eigenvalue weighted by molar-refractivity contribution is 5.83. The molecule has 9 nitrogen and oxygen atoms in total. The van der Waals surface area contributed by atoms with E-state index < -0.39 is 17.1 Å². The largest absolute Gasteiger partial charge is 0.475 e. The summed E-state index contributed by atoms with van der Waals surface area (Å²) in [7, 11) is 0. The van der Waals surface area contributed by atoms with E-state index in [2.05, 4.69) is 40.6 Å². The van der Waals surface area contributed by atoms with Crippen LogP contribution < -0.4 is 10.1 Å². The molecular formula is C36H51N5O4. The number of unbranched alkanes of at least 4 members (excludes halogenated alkanes) is 1. The van der Waals surface area contributed by atoms with Crippen molar-refractivity contribution in [2.24, 2.45) is 5.41 Å². The number of ether oxygens (including phenoxy) is 2. The lowest BCUT2D eigenvalue weighted by molar-refractivity contribution is -0.140. The number of amides is 1.